The monoisotopic (exact) mass is 305 g/mol. The van der Waals surface area contributed by atoms with E-state index in [0.29, 0.717) is 18.9 Å². The average Bonchev–Trinajstić information content (AvgIpc) is 2.83. The molecule has 0 aliphatic heterocycles. The van der Waals surface area contributed by atoms with E-state index in [0.717, 1.165) is 0 Å². The molecule has 1 heterocycles. The lowest BCUT2D eigenvalue weighted by Crippen LogP contribution is -2.34. The van der Waals surface area contributed by atoms with Crippen LogP contribution in [0.25, 0.3) is 0 Å². The Morgan fingerprint density at radius 1 is 1.50 bits per heavy atom. The van der Waals surface area contributed by atoms with Gasteiger partial charge in [0.25, 0.3) is 5.91 Å². The van der Waals surface area contributed by atoms with Crippen LogP contribution >= 0.6 is 12.4 Å². The summed E-state index contributed by atoms with van der Waals surface area (Å²) in [5.74, 6) is -0.514. The van der Waals surface area contributed by atoms with Gasteiger partial charge in [0.05, 0.1) is 6.07 Å². The van der Waals surface area contributed by atoms with Gasteiger partial charge in [0.1, 0.15) is 4.92 Å². The Morgan fingerprint density at radius 2 is 2.10 bits per heavy atom. The van der Waals surface area contributed by atoms with E-state index >= 15 is 0 Å². The van der Waals surface area contributed by atoms with Gasteiger partial charge in [-0.25, -0.2) is 0 Å². The molecule has 0 saturated carbocycles. The van der Waals surface area contributed by atoms with E-state index in [1.807, 2.05) is 13.8 Å². The summed E-state index contributed by atoms with van der Waals surface area (Å²) in [5, 5.41) is 10.5. The van der Waals surface area contributed by atoms with Gasteiger partial charge in [0, 0.05) is 19.6 Å². The topological polar surface area (TPSA) is 103 Å². The first-order valence-electron chi connectivity index (χ1n) is 6.08. The van der Waals surface area contributed by atoms with Crippen molar-refractivity contribution in [2.45, 2.75) is 26.3 Å². The minimum Gasteiger partial charge on any atom is -0.395 e. The fourth-order valence-corrected chi connectivity index (χ4v) is 1.51. The molecule has 0 aromatic carbocycles. The summed E-state index contributed by atoms with van der Waals surface area (Å²) in [6, 6.07) is 2.49. The number of rotatable bonds is 6. The lowest BCUT2D eigenvalue weighted by atomic mass is 10.0. The van der Waals surface area contributed by atoms with Crippen molar-refractivity contribution in [3.8, 4) is 0 Å². The highest BCUT2D eigenvalue weighted by Crippen LogP contribution is 2.17. The summed E-state index contributed by atoms with van der Waals surface area (Å²) in [6.07, 6.45) is 0.669. The van der Waals surface area contributed by atoms with Crippen molar-refractivity contribution < 1.29 is 14.1 Å². The molecule has 114 valence electrons. The van der Waals surface area contributed by atoms with E-state index in [4.69, 9.17) is 10.2 Å². The third kappa shape index (κ3) is 4.82. The average molecular weight is 306 g/mol. The lowest BCUT2D eigenvalue weighted by molar-refractivity contribution is -0.402. The number of nitrogens with zero attached hydrogens (tertiary/aromatic N) is 2. The maximum Gasteiger partial charge on any atom is 0.433 e. The van der Waals surface area contributed by atoms with Crippen LogP contribution in [0.4, 0.5) is 5.88 Å². The van der Waals surface area contributed by atoms with Gasteiger partial charge in [-0.05, 0) is 18.4 Å². The Bertz CT molecular complexity index is 461. The molecular weight excluding hydrogens is 286 g/mol. The van der Waals surface area contributed by atoms with Gasteiger partial charge in [-0.1, -0.05) is 13.8 Å². The standard InChI is InChI=1S/C12H19N3O4.ClH/c1-8(2)9(13)6-7-14(3)12(16)10-4-5-11(19-10)15(17)18;/h4-5,8-9H,6-7,13H2,1-3H3;1H. The molecule has 1 unspecified atom stereocenters. The zero-order valence-electron chi connectivity index (χ0n) is 11.7. The van der Waals surface area contributed by atoms with Crippen LogP contribution in [0.5, 0.6) is 0 Å². The van der Waals surface area contributed by atoms with Crippen LogP contribution in [-0.2, 0) is 0 Å². The highest BCUT2D eigenvalue weighted by Gasteiger charge is 2.20. The summed E-state index contributed by atoms with van der Waals surface area (Å²) in [4.78, 5) is 23.2. The minimum atomic E-state index is -0.675. The van der Waals surface area contributed by atoms with Crippen LogP contribution in [-0.4, -0.2) is 35.4 Å². The predicted molar refractivity (Wildman–Crippen MR) is 77.0 cm³/mol. The van der Waals surface area contributed by atoms with Crippen LogP contribution < -0.4 is 5.73 Å². The molecule has 0 fully saturated rings. The van der Waals surface area contributed by atoms with E-state index in [1.165, 1.54) is 17.0 Å². The van der Waals surface area contributed by atoms with Crippen molar-refractivity contribution >= 4 is 24.2 Å². The number of nitrogens with two attached hydrogens (primary N) is 1. The molecule has 0 aliphatic carbocycles. The van der Waals surface area contributed by atoms with E-state index in [-0.39, 0.29) is 30.1 Å². The molecule has 8 heteroatoms. The number of hydrogen-bond donors (Lipinski definition) is 1. The second kappa shape index (κ2) is 7.86. The van der Waals surface area contributed by atoms with Crippen molar-refractivity contribution in [2.24, 2.45) is 11.7 Å². The SMILES string of the molecule is CC(C)C(N)CCN(C)C(=O)c1ccc([N+](=O)[O-])o1.Cl. The molecular formula is C12H20ClN3O4. The summed E-state index contributed by atoms with van der Waals surface area (Å²) in [7, 11) is 1.61. The molecule has 2 N–H and O–H groups in total. The van der Waals surface area contributed by atoms with Crippen LogP contribution in [0.3, 0.4) is 0 Å². The zero-order chi connectivity index (χ0) is 14.6. The van der Waals surface area contributed by atoms with E-state index in [2.05, 4.69) is 0 Å². The first-order valence-corrected chi connectivity index (χ1v) is 6.08. The molecule has 1 amide bonds. The molecule has 0 spiro atoms. The lowest BCUT2D eigenvalue weighted by Gasteiger charge is -2.20. The number of hydrogen-bond acceptors (Lipinski definition) is 5. The van der Waals surface area contributed by atoms with Gasteiger partial charge in [-0.2, -0.15) is 0 Å². The molecule has 7 nitrogen and oxygen atoms in total. The van der Waals surface area contributed by atoms with Gasteiger partial charge in [-0.3, -0.25) is 14.9 Å². The van der Waals surface area contributed by atoms with Crippen LogP contribution in [0, 0.1) is 16.0 Å². The third-order valence-electron chi connectivity index (χ3n) is 2.98. The molecule has 1 aromatic rings. The van der Waals surface area contributed by atoms with Crippen LogP contribution in [0.2, 0.25) is 0 Å². The first kappa shape index (κ1) is 18.4. The quantitative estimate of drug-likeness (QED) is 0.640. The van der Waals surface area contributed by atoms with E-state index in [1.54, 1.807) is 7.05 Å². The number of carbonyl (C=O) groups excluding carboxylic acids is 1. The highest BCUT2D eigenvalue weighted by molar-refractivity contribution is 5.91. The van der Waals surface area contributed by atoms with Crippen LogP contribution in [0.15, 0.2) is 16.5 Å². The third-order valence-corrected chi connectivity index (χ3v) is 2.98. The molecule has 0 radical (unpaired) electrons. The second-order valence-corrected chi connectivity index (χ2v) is 4.82. The van der Waals surface area contributed by atoms with Crippen molar-refractivity contribution in [3.63, 3.8) is 0 Å². The Morgan fingerprint density at radius 3 is 2.55 bits per heavy atom. The maximum absolute atomic E-state index is 11.9. The van der Waals surface area contributed by atoms with Gasteiger partial charge in [0.15, 0.2) is 5.76 Å². The molecule has 0 bridgehead atoms. The summed E-state index contributed by atoms with van der Waals surface area (Å²) in [6.45, 7) is 4.51. The van der Waals surface area contributed by atoms with Crippen LogP contribution in [0.1, 0.15) is 30.8 Å². The van der Waals surface area contributed by atoms with E-state index in [9.17, 15) is 14.9 Å². The molecule has 0 saturated heterocycles. The summed E-state index contributed by atoms with van der Waals surface area (Å²) < 4.78 is 4.86. The van der Waals surface area contributed by atoms with Crippen molar-refractivity contribution in [2.75, 3.05) is 13.6 Å². The fourth-order valence-electron chi connectivity index (χ4n) is 1.51. The Kier molecular flexibility index (Phi) is 7.23. The summed E-state index contributed by atoms with van der Waals surface area (Å²) >= 11 is 0. The minimum absolute atomic E-state index is 0. The van der Waals surface area contributed by atoms with Gasteiger partial charge in [-0.15, -0.1) is 12.4 Å². The zero-order valence-corrected chi connectivity index (χ0v) is 12.6. The fraction of sp³-hybridized carbons (Fsp3) is 0.583. The normalized spacial score (nSPS) is 11.8. The van der Waals surface area contributed by atoms with Crippen molar-refractivity contribution in [3.05, 3.63) is 28.0 Å². The van der Waals surface area contributed by atoms with Gasteiger partial charge < -0.3 is 15.1 Å². The second-order valence-electron chi connectivity index (χ2n) is 4.82. The number of halogens is 1. The van der Waals surface area contributed by atoms with Crippen molar-refractivity contribution in [1.29, 1.82) is 0 Å². The molecule has 1 rings (SSSR count). The number of nitro groups is 1. The van der Waals surface area contributed by atoms with Gasteiger partial charge >= 0.3 is 5.88 Å². The number of carbonyl (C=O) groups is 1. The molecule has 1 aromatic heterocycles. The molecule has 20 heavy (non-hydrogen) atoms. The Labute approximate surface area is 123 Å². The number of furan rings is 1. The summed E-state index contributed by atoms with van der Waals surface area (Å²) in [5.41, 5.74) is 5.90. The predicted octanol–water partition coefficient (Wildman–Crippen LogP) is 2.06. The van der Waals surface area contributed by atoms with Crippen molar-refractivity contribution in [1.82, 2.24) is 4.90 Å². The largest absolute Gasteiger partial charge is 0.433 e. The Hall–Kier alpha value is -1.60. The molecule has 0 aliphatic rings. The van der Waals surface area contributed by atoms with E-state index < -0.39 is 10.8 Å². The Balaban J connectivity index is 0.00000361. The molecule has 1 atom stereocenters. The first-order chi connectivity index (χ1) is 8.82. The maximum atomic E-state index is 11.9. The van der Waals surface area contributed by atoms with Gasteiger partial charge in [0.2, 0.25) is 0 Å². The number of amides is 1. The highest BCUT2D eigenvalue weighted by atomic mass is 35.5. The smallest absolute Gasteiger partial charge is 0.395 e.